The van der Waals surface area contributed by atoms with Crippen molar-refractivity contribution in [3.63, 3.8) is 0 Å². The maximum atomic E-state index is 6.05. The number of rotatable bonds is 7. The van der Waals surface area contributed by atoms with Gasteiger partial charge in [0, 0.05) is 51.9 Å². The molecule has 0 aromatic heterocycles. The monoisotopic (exact) mass is 459 g/mol. The van der Waals surface area contributed by atoms with E-state index in [9.17, 15) is 0 Å². The molecule has 2 N–H and O–H groups in total. The SMILES string of the molecule is CCN(CC)C(N)=NCCCN1CCN(C)CC1c1ccccc1.I. The van der Waals surface area contributed by atoms with E-state index >= 15 is 0 Å². The van der Waals surface area contributed by atoms with Gasteiger partial charge in [-0.3, -0.25) is 9.89 Å². The summed E-state index contributed by atoms with van der Waals surface area (Å²) < 4.78 is 0. The third-order valence-electron chi connectivity index (χ3n) is 4.84. The smallest absolute Gasteiger partial charge is 0.191 e. The molecule has 1 heterocycles. The van der Waals surface area contributed by atoms with Crippen LogP contribution in [0.15, 0.2) is 35.3 Å². The predicted molar refractivity (Wildman–Crippen MR) is 118 cm³/mol. The summed E-state index contributed by atoms with van der Waals surface area (Å²) in [6.45, 7) is 11.3. The van der Waals surface area contributed by atoms with E-state index in [2.05, 4.69) is 70.9 Å². The molecule has 1 saturated heterocycles. The van der Waals surface area contributed by atoms with Crippen molar-refractivity contribution in [1.82, 2.24) is 14.7 Å². The van der Waals surface area contributed by atoms with E-state index < -0.39 is 0 Å². The fourth-order valence-electron chi connectivity index (χ4n) is 3.33. The Morgan fingerprint density at radius 1 is 1.20 bits per heavy atom. The Morgan fingerprint density at radius 3 is 2.52 bits per heavy atom. The number of halogens is 1. The summed E-state index contributed by atoms with van der Waals surface area (Å²) in [5.74, 6) is 0.679. The molecule has 25 heavy (non-hydrogen) atoms. The van der Waals surface area contributed by atoms with E-state index in [1.165, 1.54) is 5.56 Å². The zero-order valence-electron chi connectivity index (χ0n) is 15.9. The third kappa shape index (κ3) is 6.75. The van der Waals surface area contributed by atoms with Crippen molar-refractivity contribution < 1.29 is 0 Å². The van der Waals surface area contributed by atoms with Crippen LogP contribution in [-0.4, -0.2) is 73.5 Å². The molecule has 1 unspecified atom stereocenters. The van der Waals surface area contributed by atoms with Crippen LogP contribution in [0, 0.1) is 0 Å². The van der Waals surface area contributed by atoms with E-state index in [0.717, 1.165) is 52.2 Å². The fourth-order valence-corrected chi connectivity index (χ4v) is 3.33. The molecule has 0 spiro atoms. The van der Waals surface area contributed by atoms with Crippen molar-refractivity contribution in [3.8, 4) is 0 Å². The van der Waals surface area contributed by atoms with Gasteiger partial charge in [-0.1, -0.05) is 30.3 Å². The number of hydrogen-bond acceptors (Lipinski definition) is 3. The van der Waals surface area contributed by atoms with Gasteiger partial charge in [0.2, 0.25) is 0 Å². The first-order valence-corrected chi connectivity index (χ1v) is 9.18. The minimum Gasteiger partial charge on any atom is -0.370 e. The van der Waals surface area contributed by atoms with Crippen LogP contribution >= 0.6 is 24.0 Å². The molecule has 1 aromatic rings. The number of aliphatic imine (C=N–C) groups is 1. The second-order valence-electron chi connectivity index (χ2n) is 6.49. The Morgan fingerprint density at radius 2 is 1.88 bits per heavy atom. The molecule has 1 aromatic carbocycles. The highest BCUT2D eigenvalue weighted by Gasteiger charge is 2.25. The number of piperazine rings is 1. The molecule has 1 aliphatic heterocycles. The van der Waals surface area contributed by atoms with Gasteiger partial charge in [-0.2, -0.15) is 0 Å². The number of nitrogens with two attached hydrogens (primary N) is 1. The van der Waals surface area contributed by atoms with Crippen LogP contribution < -0.4 is 5.73 Å². The van der Waals surface area contributed by atoms with Gasteiger partial charge in [0.1, 0.15) is 0 Å². The Bertz CT molecular complexity index is 504. The number of guanidine groups is 1. The summed E-state index contributed by atoms with van der Waals surface area (Å²) in [7, 11) is 2.21. The molecule has 6 heteroatoms. The van der Waals surface area contributed by atoms with Crippen molar-refractivity contribution in [2.45, 2.75) is 26.3 Å². The maximum Gasteiger partial charge on any atom is 0.191 e. The molecule has 1 fully saturated rings. The van der Waals surface area contributed by atoms with Crippen molar-refractivity contribution >= 4 is 29.9 Å². The average molecular weight is 459 g/mol. The van der Waals surface area contributed by atoms with Crippen molar-refractivity contribution in [2.24, 2.45) is 10.7 Å². The van der Waals surface area contributed by atoms with Gasteiger partial charge in [0.05, 0.1) is 0 Å². The lowest BCUT2D eigenvalue weighted by Gasteiger charge is -2.40. The summed E-state index contributed by atoms with van der Waals surface area (Å²) in [6, 6.07) is 11.3. The second kappa shape index (κ2) is 11.7. The first-order valence-electron chi connectivity index (χ1n) is 9.18. The lowest BCUT2D eigenvalue weighted by molar-refractivity contribution is 0.0894. The molecule has 2 rings (SSSR count). The first kappa shape index (κ1) is 22.2. The molecule has 1 aliphatic rings. The van der Waals surface area contributed by atoms with E-state index in [1.807, 2.05) is 0 Å². The highest BCUT2D eigenvalue weighted by molar-refractivity contribution is 14.0. The average Bonchev–Trinajstić information content (AvgIpc) is 2.61. The van der Waals surface area contributed by atoms with Gasteiger partial charge in [-0.05, 0) is 32.9 Å². The molecule has 0 aliphatic carbocycles. The predicted octanol–water partition coefficient (Wildman–Crippen LogP) is 2.64. The van der Waals surface area contributed by atoms with Gasteiger partial charge in [0.25, 0.3) is 0 Å². The summed E-state index contributed by atoms with van der Waals surface area (Å²) in [6.07, 6.45) is 1.05. The van der Waals surface area contributed by atoms with Crippen LogP contribution in [0.2, 0.25) is 0 Å². The number of nitrogens with zero attached hydrogens (tertiary/aromatic N) is 4. The minimum absolute atomic E-state index is 0. The fraction of sp³-hybridized carbons (Fsp3) is 0.632. The second-order valence-corrected chi connectivity index (χ2v) is 6.49. The van der Waals surface area contributed by atoms with Crippen molar-refractivity contribution in [1.29, 1.82) is 0 Å². The maximum absolute atomic E-state index is 6.05. The van der Waals surface area contributed by atoms with Gasteiger partial charge < -0.3 is 15.5 Å². The van der Waals surface area contributed by atoms with Crippen LogP contribution in [0.3, 0.4) is 0 Å². The first-order chi connectivity index (χ1) is 11.7. The van der Waals surface area contributed by atoms with Crippen molar-refractivity contribution in [3.05, 3.63) is 35.9 Å². The lowest BCUT2D eigenvalue weighted by Crippen LogP contribution is -2.47. The molecule has 5 nitrogen and oxygen atoms in total. The van der Waals surface area contributed by atoms with Crippen LogP contribution in [0.4, 0.5) is 0 Å². The van der Waals surface area contributed by atoms with E-state index in [0.29, 0.717) is 12.0 Å². The van der Waals surface area contributed by atoms with E-state index in [4.69, 9.17) is 5.73 Å². The summed E-state index contributed by atoms with van der Waals surface area (Å²) in [5.41, 5.74) is 7.46. The van der Waals surface area contributed by atoms with Crippen LogP contribution in [0.25, 0.3) is 0 Å². The van der Waals surface area contributed by atoms with E-state index in [1.54, 1.807) is 0 Å². The zero-order chi connectivity index (χ0) is 17.4. The quantitative estimate of drug-likeness (QED) is 0.295. The number of benzene rings is 1. The molecular weight excluding hydrogens is 425 g/mol. The highest BCUT2D eigenvalue weighted by Crippen LogP contribution is 2.24. The zero-order valence-corrected chi connectivity index (χ0v) is 18.2. The van der Waals surface area contributed by atoms with Crippen LogP contribution in [0.1, 0.15) is 31.9 Å². The highest BCUT2D eigenvalue weighted by atomic mass is 127. The number of hydrogen-bond donors (Lipinski definition) is 1. The third-order valence-corrected chi connectivity index (χ3v) is 4.84. The molecule has 0 amide bonds. The standard InChI is InChI=1S/C19H33N5.HI/c1-4-23(5-2)19(20)21-12-9-13-24-15-14-22(3)16-18(24)17-10-7-6-8-11-17;/h6-8,10-11,18H,4-5,9,12-16H2,1-3H3,(H2,20,21);1H. The molecular formula is C19H34IN5. The largest absolute Gasteiger partial charge is 0.370 e. The van der Waals surface area contributed by atoms with Crippen LogP contribution in [-0.2, 0) is 0 Å². The Kier molecular flexibility index (Phi) is 10.4. The molecule has 0 radical (unpaired) electrons. The Hall–Kier alpha value is -0.860. The normalized spacial score (nSPS) is 19.5. The minimum atomic E-state index is 0. The molecule has 142 valence electrons. The lowest BCUT2D eigenvalue weighted by atomic mass is 10.0. The van der Waals surface area contributed by atoms with Crippen molar-refractivity contribution in [2.75, 3.05) is 52.9 Å². The molecule has 1 atom stereocenters. The van der Waals surface area contributed by atoms with E-state index in [-0.39, 0.29) is 24.0 Å². The van der Waals surface area contributed by atoms with Gasteiger partial charge in [-0.25, -0.2) is 0 Å². The van der Waals surface area contributed by atoms with Gasteiger partial charge >= 0.3 is 0 Å². The Balaban J connectivity index is 0.00000312. The summed E-state index contributed by atoms with van der Waals surface area (Å²) >= 11 is 0. The molecule has 0 bridgehead atoms. The summed E-state index contributed by atoms with van der Waals surface area (Å²) in [5, 5.41) is 0. The van der Waals surface area contributed by atoms with Crippen LogP contribution in [0.5, 0.6) is 0 Å². The topological polar surface area (TPSA) is 48.1 Å². The van der Waals surface area contributed by atoms with Gasteiger partial charge in [-0.15, -0.1) is 24.0 Å². The summed E-state index contributed by atoms with van der Waals surface area (Å²) in [4.78, 5) is 11.7. The molecule has 0 saturated carbocycles. The Labute approximate surface area is 170 Å². The van der Waals surface area contributed by atoms with Gasteiger partial charge in [0.15, 0.2) is 5.96 Å². The number of likely N-dealkylation sites (N-methyl/N-ethyl adjacent to an activating group) is 1.